The Balaban J connectivity index is 1.15. The SMILES string of the molecule is O=C(/C=C/C(=O)ON1CC(C(F)c2cc(F)cc(F)c2)C1)ON1CC(C(F)c2cc(F)cc(F)c2)C1. The molecule has 2 heterocycles. The van der Waals surface area contributed by atoms with Crippen LogP contribution in [0, 0.1) is 35.1 Å². The van der Waals surface area contributed by atoms with Gasteiger partial charge in [-0.1, -0.05) is 0 Å². The van der Waals surface area contributed by atoms with Gasteiger partial charge in [-0.15, -0.1) is 10.1 Å². The highest BCUT2D eigenvalue weighted by Crippen LogP contribution is 2.35. The van der Waals surface area contributed by atoms with Crippen molar-refractivity contribution in [2.75, 3.05) is 26.2 Å². The van der Waals surface area contributed by atoms with E-state index in [2.05, 4.69) is 0 Å². The molecule has 0 bridgehead atoms. The molecule has 2 saturated heterocycles. The minimum Gasteiger partial charge on any atom is -0.364 e. The van der Waals surface area contributed by atoms with Crippen LogP contribution in [0.5, 0.6) is 0 Å². The first-order valence-electron chi connectivity index (χ1n) is 10.9. The summed E-state index contributed by atoms with van der Waals surface area (Å²) in [7, 11) is 0. The van der Waals surface area contributed by atoms with Crippen molar-refractivity contribution in [3.8, 4) is 0 Å². The fourth-order valence-electron chi connectivity index (χ4n) is 3.92. The normalized spacial score (nSPS) is 18.9. The monoisotopic (exact) mass is 514 g/mol. The second-order valence-electron chi connectivity index (χ2n) is 8.58. The summed E-state index contributed by atoms with van der Waals surface area (Å²) < 4.78 is 81.9. The van der Waals surface area contributed by atoms with Crippen molar-refractivity contribution in [3.63, 3.8) is 0 Å². The first kappa shape index (κ1) is 25.7. The van der Waals surface area contributed by atoms with E-state index >= 15 is 0 Å². The molecule has 0 spiro atoms. The molecule has 0 aromatic heterocycles. The smallest absolute Gasteiger partial charge is 0.349 e. The van der Waals surface area contributed by atoms with Gasteiger partial charge in [0.05, 0.1) is 0 Å². The molecule has 2 aromatic carbocycles. The van der Waals surface area contributed by atoms with Crippen molar-refractivity contribution in [1.82, 2.24) is 10.1 Å². The lowest BCUT2D eigenvalue weighted by atomic mass is 9.92. The average Bonchev–Trinajstić information content (AvgIpc) is 2.74. The fraction of sp³-hybridized carbons (Fsp3) is 0.333. The number of rotatable bonds is 8. The number of alkyl halides is 2. The predicted octanol–water partition coefficient (Wildman–Crippen LogP) is 4.30. The van der Waals surface area contributed by atoms with Gasteiger partial charge in [-0.25, -0.2) is 35.9 Å². The largest absolute Gasteiger partial charge is 0.364 e. The summed E-state index contributed by atoms with van der Waals surface area (Å²) in [5, 5.41) is 2.25. The lowest BCUT2D eigenvalue weighted by molar-refractivity contribution is -0.223. The fourth-order valence-corrected chi connectivity index (χ4v) is 3.92. The summed E-state index contributed by atoms with van der Waals surface area (Å²) in [6.07, 6.45) is -1.73. The van der Waals surface area contributed by atoms with Gasteiger partial charge in [0.15, 0.2) is 0 Å². The van der Waals surface area contributed by atoms with E-state index in [1.807, 2.05) is 0 Å². The van der Waals surface area contributed by atoms with Gasteiger partial charge in [0.25, 0.3) is 0 Å². The second kappa shape index (κ2) is 10.7. The minimum absolute atomic E-state index is 0.0158. The molecule has 0 amide bonds. The van der Waals surface area contributed by atoms with Crippen molar-refractivity contribution in [2.45, 2.75) is 12.3 Å². The number of hydroxylamine groups is 4. The quantitative estimate of drug-likeness (QED) is 0.387. The molecular weight excluding hydrogens is 494 g/mol. The van der Waals surface area contributed by atoms with E-state index in [0.717, 1.165) is 46.5 Å². The molecule has 2 aromatic rings. The highest BCUT2D eigenvalue weighted by Gasteiger charge is 2.38. The predicted molar refractivity (Wildman–Crippen MR) is 112 cm³/mol. The minimum atomic E-state index is -1.65. The zero-order valence-electron chi connectivity index (χ0n) is 18.6. The Labute approximate surface area is 201 Å². The number of halogens is 6. The summed E-state index contributed by atoms with van der Waals surface area (Å²) >= 11 is 0. The molecule has 2 aliphatic heterocycles. The third-order valence-corrected chi connectivity index (χ3v) is 5.78. The molecule has 12 heteroatoms. The van der Waals surface area contributed by atoms with Gasteiger partial charge in [0.1, 0.15) is 35.6 Å². The van der Waals surface area contributed by atoms with E-state index in [9.17, 15) is 35.9 Å². The molecule has 0 aliphatic carbocycles. The standard InChI is InChI=1S/C24H20F6N2O4/c25-17-3-13(4-18(26)7-17)23(29)15-9-31(10-15)35-21(33)1-2-22(34)36-32-11-16(12-32)24(30)14-5-19(27)8-20(28)6-14/h1-8,15-16,23-24H,9-12H2/b2-1+. The average molecular weight is 514 g/mol. The van der Waals surface area contributed by atoms with Crippen LogP contribution < -0.4 is 0 Å². The Morgan fingerprint density at radius 1 is 0.667 bits per heavy atom. The zero-order valence-corrected chi connectivity index (χ0v) is 18.6. The van der Waals surface area contributed by atoms with Crippen molar-refractivity contribution in [3.05, 3.63) is 82.9 Å². The van der Waals surface area contributed by atoms with Crippen molar-refractivity contribution < 1.29 is 45.6 Å². The molecule has 4 rings (SSSR count). The summed E-state index contributed by atoms with van der Waals surface area (Å²) in [6, 6.07) is 4.85. The molecule has 2 atom stereocenters. The Morgan fingerprint density at radius 3 is 1.28 bits per heavy atom. The first-order valence-corrected chi connectivity index (χ1v) is 10.9. The molecule has 0 radical (unpaired) electrons. The van der Waals surface area contributed by atoms with Gasteiger partial charge >= 0.3 is 11.9 Å². The zero-order chi connectivity index (χ0) is 26.0. The molecule has 6 nitrogen and oxygen atoms in total. The van der Waals surface area contributed by atoms with E-state index in [4.69, 9.17) is 9.68 Å². The number of nitrogens with zero attached hydrogens (tertiary/aromatic N) is 2. The van der Waals surface area contributed by atoms with E-state index < -0.39 is 59.4 Å². The molecule has 0 saturated carbocycles. The summed E-state index contributed by atoms with van der Waals surface area (Å²) in [6.45, 7) is -0.0631. The van der Waals surface area contributed by atoms with Crippen LogP contribution in [0.2, 0.25) is 0 Å². The lowest BCUT2D eigenvalue weighted by Gasteiger charge is -2.38. The van der Waals surface area contributed by atoms with Crippen LogP contribution in [0.4, 0.5) is 26.3 Å². The molecular formula is C24H20F6N2O4. The van der Waals surface area contributed by atoms with Crippen LogP contribution in [0.15, 0.2) is 48.6 Å². The van der Waals surface area contributed by atoms with Gasteiger partial charge in [-0.2, -0.15) is 0 Å². The maximum atomic E-state index is 14.4. The topological polar surface area (TPSA) is 59.1 Å². The molecule has 192 valence electrons. The number of carbonyl (C=O) groups excluding carboxylic acids is 2. The number of hydrogen-bond donors (Lipinski definition) is 0. The van der Waals surface area contributed by atoms with Crippen molar-refractivity contribution in [1.29, 1.82) is 0 Å². The third-order valence-electron chi connectivity index (χ3n) is 5.78. The van der Waals surface area contributed by atoms with Crippen LogP contribution in [0.25, 0.3) is 0 Å². The Kier molecular flexibility index (Phi) is 7.65. The molecule has 0 N–H and O–H groups in total. The van der Waals surface area contributed by atoms with Crippen molar-refractivity contribution >= 4 is 11.9 Å². The van der Waals surface area contributed by atoms with Crippen LogP contribution in [-0.4, -0.2) is 48.2 Å². The van der Waals surface area contributed by atoms with Gasteiger partial charge in [-0.3, -0.25) is 0 Å². The first-order chi connectivity index (χ1) is 17.1. The van der Waals surface area contributed by atoms with Gasteiger partial charge in [0.2, 0.25) is 0 Å². The molecule has 2 fully saturated rings. The van der Waals surface area contributed by atoms with Crippen LogP contribution in [0.1, 0.15) is 23.5 Å². The van der Waals surface area contributed by atoms with Crippen molar-refractivity contribution in [2.24, 2.45) is 11.8 Å². The molecule has 2 aliphatic rings. The summed E-state index contributed by atoms with van der Waals surface area (Å²) in [5.74, 6) is -6.74. The highest BCUT2D eigenvalue weighted by molar-refractivity contribution is 5.91. The van der Waals surface area contributed by atoms with Gasteiger partial charge in [0, 0.05) is 62.3 Å². The van der Waals surface area contributed by atoms with E-state index in [1.54, 1.807) is 0 Å². The number of carbonyl (C=O) groups is 2. The van der Waals surface area contributed by atoms with E-state index in [1.165, 1.54) is 0 Å². The lowest BCUT2D eigenvalue weighted by Crippen LogP contribution is -2.49. The summed E-state index contributed by atoms with van der Waals surface area (Å²) in [5.41, 5.74) is -0.303. The maximum Gasteiger partial charge on any atom is 0.349 e. The molecule has 2 unspecified atom stereocenters. The Hall–Kier alpha value is -3.38. The van der Waals surface area contributed by atoms with Crippen LogP contribution in [0.3, 0.4) is 0 Å². The van der Waals surface area contributed by atoms with Gasteiger partial charge < -0.3 is 9.68 Å². The van der Waals surface area contributed by atoms with Crippen LogP contribution in [-0.2, 0) is 19.3 Å². The highest BCUT2D eigenvalue weighted by atomic mass is 19.2. The Morgan fingerprint density at radius 2 is 0.972 bits per heavy atom. The number of hydrogen-bond acceptors (Lipinski definition) is 6. The maximum absolute atomic E-state index is 14.4. The number of benzene rings is 2. The Bertz CT molecular complexity index is 1040. The third kappa shape index (κ3) is 6.24. The molecule has 36 heavy (non-hydrogen) atoms. The second-order valence-corrected chi connectivity index (χ2v) is 8.58. The summed E-state index contributed by atoms with van der Waals surface area (Å²) in [4.78, 5) is 33.5. The van der Waals surface area contributed by atoms with Crippen LogP contribution >= 0.6 is 0 Å². The van der Waals surface area contributed by atoms with Gasteiger partial charge in [-0.05, 0) is 35.4 Å². The van der Waals surface area contributed by atoms with E-state index in [-0.39, 0.29) is 37.3 Å². The van der Waals surface area contributed by atoms with E-state index in [0.29, 0.717) is 12.1 Å².